The van der Waals surface area contributed by atoms with Gasteiger partial charge in [0.2, 0.25) is 5.88 Å². The van der Waals surface area contributed by atoms with Crippen LogP contribution in [-0.2, 0) is 11.2 Å². The maximum atomic E-state index is 12.4. The number of anilines is 1. The number of hydrogen-bond acceptors (Lipinski definition) is 9. The van der Waals surface area contributed by atoms with Gasteiger partial charge in [-0.25, -0.2) is 9.78 Å². The number of aliphatic hydroxyl groups is 1. The van der Waals surface area contributed by atoms with Gasteiger partial charge in [-0.15, -0.1) is 0 Å². The van der Waals surface area contributed by atoms with Crippen LogP contribution in [-0.4, -0.2) is 73.3 Å². The highest BCUT2D eigenvalue weighted by Gasteiger charge is 2.37. The van der Waals surface area contributed by atoms with Crippen molar-refractivity contribution in [3.8, 4) is 17.4 Å². The monoisotopic (exact) mass is 466 g/mol. The third kappa shape index (κ3) is 4.55. The minimum absolute atomic E-state index is 0.250. The maximum Gasteiger partial charge on any atom is 0.414 e. The van der Waals surface area contributed by atoms with Crippen molar-refractivity contribution in [2.24, 2.45) is 0 Å². The number of fused-ring (bicyclic) bond motifs is 2. The van der Waals surface area contributed by atoms with Crippen molar-refractivity contribution in [2.75, 3.05) is 44.9 Å². The highest BCUT2D eigenvalue weighted by molar-refractivity contribution is 5.90. The minimum Gasteiger partial charge on any atom is -0.486 e. The van der Waals surface area contributed by atoms with E-state index in [2.05, 4.69) is 15.3 Å². The molecule has 2 unspecified atom stereocenters. The lowest BCUT2D eigenvalue weighted by molar-refractivity contribution is 0.0333. The van der Waals surface area contributed by atoms with Crippen LogP contribution >= 0.6 is 0 Å². The number of methoxy groups -OCH3 is 1. The van der Waals surface area contributed by atoms with Gasteiger partial charge in [0.15, 0.2) is 11.5 Å². The van der Waals surface area contributed by atoms with Crippen molar-refractivity contribution in [3.63, 3.8) is 0 Å². The van der Waals surface area contributed by atoms with E-state index in [1.54, 1.807) is 37.6 Å². The van der Waals surface area contributed by atoms with Crippen molar-refractivity contribution >= 4 is 22.8 Å². The number of pyridine rings is 2. The Morgan fingerprint density at radius 1 is 1.21 bits per heavy atom. The van der Waals surface area contributed by atoms with E-state index in [4.69, 9.17) is 18.9 Å². The van der Waals surface area contributed by atoms with Crippen LogP contribution in [0.1, 0.15) is 5.56 Å². The van der Waals surface area contributed by atoms with Crippen LogP contribution in [0.25, 0.3) is 11.0 Å². The van der Waals surface area contributed by atoms with E-state index in [0.717, 1.165) is 16.6 Å². The van der Waals surface area contributed by atoms with E-state index in [1.807, 2.05) is 12.1 Å². The zero-order valence-electron chi connectivity index (χ0n) is 18.8. The van der Waals surface area contributed by atoms with E-state index < -0.39 is 18.3 Å². The Balaban J connectivity index is 1.15. The second-order valence-corrected chi connectivity index (χ2v) is 8.07. The van der Waals surface area contributed by atoms with Crippen LogP contribution < -0.4 is 24.4 Å². The first kappa shape index (κ1) is 22.2. The number of amides is 1. The van der Waals surface area contributed by atoms with Crippen LogP contribution in [0.2, 0.25) is 0 Å². The second kappa shape index (κ2) is 9.70. The standard InChI is InChI=1S/C24H26N4O6/c1-31-22-5-3-17-23(27-22)15(7-9-26-17)6-8-25-13-18(29)21-14-28(24(30)34-21)16-2-4-19-20(12-16)33-11-10-32-19/h2-5,7,9,12,18,21,25,29H,6,8,10-11,13-14H2,1H3. The first-order chi connectivity index (χ1) is 16.6. The summed E-state index contributed by atoms with van der Waals surface area (Å²) in [6.45, 7) is 2.11. The van der Waals surface area contributed by atoms with Gasteiger partial charge in [-0.1, -0.05) is 0 Å². The Labute approximate surface area is 196 Å². The highest BCUT2D eigenvalue weighted by atomic mass is 16.6. The quantitative estimate of drug-likeness (QED) is 0.481. The van der Waals surface area contributed by atoms with E-state index in [1.165, 1.54) is 4.90 Å². The molecule has 10 heteroatoms. The number of ether oxygens (including phenoxy) is 4. The Bertz CT molecular complexity index is 1190. The minimum atomic E-state index is -0.849. The second-order valence-electron chi connectivity index (χ2n) is 8.07. The van der Waals surface area contributed by atoms with E-state index in [9.17, 15) is 9.90 Å². The van der Waals surface area contributed by atoms with Gasteiger partial charge in [0, 0.05) is 24.9 Å². The number of nitrogens with one attached hydrogen (secondary N) is 1. The van der Waals surface area contributed by atoms with Gasteiger partial charge in [-0.2, -0.15) is 0 Å². The fourth-order valence-corrected chi connectivity index (χ4v) is 4.08. The molecular formula is C24H26N4O6. The molecule has 10 nitrogen and oxygen atoms in total. The average Bonchev–Trinajstić information content (AvgIpc) is 3.27. The van der Waals surface area contributed by atoms with Crippen LogP contribution in [0.3, 0.4) is 0 Å². The number of aliphatic hydroxyl groups excluding tert-OH is 1. The Morgan fingerprint density at radius 2 is 2.06 bits per heavy atom. The Morgan fingerprint density at radius 3 is 2.91 bits per heavy atom. The zero-order chi connectivity index (χ0) is 23.5. The molecule has 178 valence electrons. The first-order valence-electron chi connectivity index (χ1n) is 11.2. The van der Waals surface area contributed by atoms with Crippen LogP contribution in [0.5, 0.6) is 17.4 Å². The van der Waals surface area contributed by atoms with Gasteiger partial charge in [0.25, 0.3) is 0 Å². The molecule has 2 N–H and O–H groups in total. The van der Waals surface area contributed by atoms with E-state index >= 15 is 0 Å². The molecule has 2 aliphatic rings. The Kier molecular flexibility index (Phi) is 6.33. The van der Waals surface area contributed by atoms with Crippen molar-refractivity contribution in [3.05, 3.63) is 48.2 Å². The normalized spacial score (nSPS) is 18.1. The molecule has 1 aromatic carbocycles. The molecule has 2 aliphatic heterocycles. The van der Waals surface area contributed by atoms with Crippen molar-refractivity contribution < 1.29 is 28.8 Å². The molecule has 0 bridgehead atoms. The molecule has 4 heterocycles. The van der Waals surface area contributed by atoms with Crippen LogP contribution in [0, 0.1) is 0 Å². The molecule has 5 rings (SSSR count). The SMILES string of the molecule is COc1ccc2nccc(CCNCC(O)C3CN(c4ccc5c(c4)OCCO5)C(=O)O3)c2n1. The summed E-state index contributed by atoms with van der Waals surface area (Å²) >= 11 is 0. The summed E-state index contributed by atoms with van der Waals surface area (Å²) in [6, 6.07) is 10.9. The molecule has 2 aromatic heterocycles. The molecule has 1 fully saturated rings. The van der Waals surface area contributed by atoms with Crippen molar-refractivity contribution in [1.29, 1.82) is 0 Å². The lowest BCUT2D eigenvalue weighted by Gasteiger charge is -2.21. The molecule has 0 radical (unpaired) electrons. The summed E-state index contributed by atoms with van der Waals surface area (Å²) in [6.07, 6.45) is 0.466. The smallest absolute Gasteiger partial charge is 0.414 e. The number of nitrogens with zero attached hydrogens (tertiary/aromatic N) is 3. The number of hydrogen-bond donors (Lipinski definition) is 2. The van der Waals surface area contributed by atoms with Crippen LogP contribution in [0.15, 0.2) is 42.6 Å². The summed E-state index contributed by atoms with van der Waals surface area (Å²) in [7, 11) is 1.58. The number of rotatable bonds is 8. The van der Waals surface area contributed by atoms with Gasteiger partial charge in [-0.3, -0.25) is 9.88 Å². The molecule has 1 saturated heterocycles. The van der Waals surface area contributed by atoms with Gasteiger partial charge in [-0.05, 0) is 42.8 Å². The predicted octanol–water partition coefficient (Wildman–Crippen LogP) is 1.93. The molecule has 2 atom stereocenters. The lowest BCUT2D eigenvalue weighted by atomic mass is 10.1. The fraction of sp³-hybridized carbons (Fsp3) is 0.375. The highest BCUT2D eigenvalue weighted by Crippen LogP contribution is 2.35. The number of cyclic esters (lactones) is 1. The van der Waals surface area contributed by atoms with Crippen LogP contribution in [0.4, 0.5) is 10.5 Å². The van der Waals surface area contributed by atoms with Gasteiger partial charge in [0.05, 0.1) is 30.4 Å². The number of carbonyl (C=O) groups is 1. The summed E-state index contributed by atoms with van der Waals surface area (Å²) in [5.74, 6) is 1.78. The van der Waals surface area contributed by atoms with Gasteiger partial charge >= 0.3 is 6.09 Å². The van der Waals surface area contributed by atoms with Gasteiger partial charge in [0.1, 0.15) is 25.4 Å². The van der Waals surface area contributed by atoms with E-state index in [-0.39, 0.29) is 13.1 Å². The fourth-order valence-electron chi connectivity index (χ4n) is 4.08. The summed E-state index contributed by atoms with van der Waals surface area (Å²) in [5, 5.41) is 13.8. The topological polar surface area (TPSA) is 115 Å². The van der Waals surface area contributed by atoms with Crippen molar-refractivity contribution in [2.45, 2.75) is 18.6 Å². The zero-order valence-corrected chi connectivity index (χ0v) is 18.8. The molecule has 0 saturated carbocycles. The largest absolute Gasteiger partial charge is 0.486 e. The summed E-state index contributed by atoms with van der Waals surface area (Å²) < 4.78 is 21.8. The molecule has 34 heavy (non-hydrogen) atoms. The third-order valence-corrected chi connectivity index (χ3v) is 5.88. The number of aromatic nitrogens is 2. The third-order valence-electron chi connectivity index (χ3n) is 5.88. The molecular weight excluding hydrogens is 440 g/mol. The lowest BCUT2D eigenvalue weighted by Crippen LogP contribution is -2.39. The molecule has 0 aliphatic carbocycles. The summed E-state index contributed by atoms with van der Waals surface area (Å²) in [4.78, 5) is 22.8. The number of carbonyl (C=O) groups excluding carboxylic acids is 1. The maximum absolute atomic E-state index is 12.4. The Hall–Kier alpha value is -3.63. The molecule has 0 spiro atoms. The molecule has 1 amide bonds. The molecule has 3 aromatic rings. The number of benzene rings is 1. The average molecular weight is 466 g/mol. The van der Waals surface area contributed by atoms with Gasteiger partial charge < -0.3 is 29.4 Å². The summed E-state index contributed by atoms with van der Waals surface area (Å²) in [5.41, 5.74) is 3.27. The van der Waals surface area contributed by atoms with Crippen molar-refractivity contribution in [1.82, 2.24) is 15.3 Å². The van der Waals surface area contributed by atoms with E-state index in [0.29, 0.717) is 49.2 Å². The predicted molar refractivity (Wildman–Crippen MR) is 124 cm³/mol. The first-order valence-corrected chi connectivity index (χ1v) is 11.2.